The number of hydrogen-bond acceptors (Lipinski definition) is 1. The zero-order valence-corrected chi connectivity index (χ0v) is 15.8. The number of rotatable bonds is 8. The Hall–Kier alpha value is -0.410. The van der Waals surface area contributed by atoms with Crippen LogP contribution in [0.2, 0.25) is 0 Å². The zero-order valence-electron chi connectivity index (χ0n) is 14.3. The van der Waals surface area contributed by atoms with Crippen molar-refractivity contribution >= 4 is 15.9 Å². The van der Waals surface area contributed by atoms with Gasteiger partial charge in [0.05, 0.1) is 6.61 Å². The van der Waals surface area contributed by atoms with Crippen LogP contribution in [0.15, 0.2) is 34.9 Å². The van der Waals surface area contributed by atoms with E-state index in [4.69, 9.17) is 5.11 Å². The molecule has 21 heavy (non-hydrogen) atoms. The highest BCUT2D eigenvalue weighted by Crippen LogP contribution is 2.29. The van der Waals surface area contributed by atoms with Crippen LogP contribution in [0.1, 0.15) is 60.3 Å². The molecular formula is C18H32BrFO. The highest BCUT2D eigenvalue weighted by Gasteiger charge is 2.31. The van der Waals surface area contributed by atoms with Gasteiger partial charge in [0.25, 0.3) is 0 Å². The summed E-state index contributed by atoms with van der Waals surface area (Å²) in [7, 11) is 0. The first-order valence-corrected chi connectivity index (χ1v) is 8.49. The standard InChI is InChI=1S/C10H21FO.C8H11Br/c1-4-6-9(7-5-2)10(3,11)8-12;1-4-8(9)6-5-7(2)3/h9,12H,4-8H2,1-3H3;4-6H,2H2,1,3H3/b;6-5-,8-4+. The van der Waals surface area contributed by atoms with Gasteiger partial charge in [-0.15, -0.1) is 0 Å². The van der Waals surface area contributed by atoms with Crippen LogP contribution in [0, 0.1) is 5.92 Å². The predicted octanol–water partition coefficient (Wildman–Crippen LogP) is 6.34. The smallest absolute Gasteiger partial charge is 0.133 e. The Morgan fingerprint density at radius 1 is 1.29 bits per heavy atom. The Balaban J connectivity index is 0. The summed E-state index contributed by atoms with van der Waals surface area (Å²) >= 11 is 3.34. The normalized spacial score (nSPS) is 14.8. The molecule has 0 fully saturated rings. The van der Waals surface area contributed by atoms with Crippen LogP contribution < -0.4 is 0 Å². The van der Waals surface area contributed by atoms with Crippen molar-refractivity contribution in [3.63, 3.8) is 0 Å². The highest BCUT2D eigenvalue weighted by molar-refractivity contribution is 9.11. The number of allylic oxidation sites excluding steroid dienone is 5. The molecule has 0 aromatic heterocycles. The summed E-state index contributed by atoms with van der Waals surface area (Å²) < 4.78 is 14.7. The van der Waals surface area contributed by atoms with Gasteiger partial charge in [0.1, 0.15) is 5.67 Å². The van der Waals surface area contributed by atoms with Crippen molar-refractivity contribution in [2.75, 3.05) is 6.61 Å². The summed E-state index contributed by atoms with van der Waals surface area (Å²) in [6.07, 6.45) is 9.66. The molecule has 0 radical (unpaired) electrons. The molecule has 0 amide bonds. The number of alkyl halides is 1. The lowest BCUT2D eigenvalue weighted by molar-refractivity contribution is 0.0236. The van der Waals surface area contributed by atoms with Crippen LogP contribution in [-0.4, -0.2) is 17.4 Å². The molecule has 1 atom stereocenters. The fourth-order valence-electron chi connectivity index (χ4n) is 1.89. The van der Waals surface area contributed by atoms with Crippen molar-refractivity contribution in [2.24, 2.45) is 5.92 Å². The van der Waals surface area contributed by atoms with Crippen LogP contribution in [0.5, 0.6) is 0 Å². The first-order chi connectivity index (χ1) is 9.74. The fraction of sp³-hybridized carbons (Fsp3) is 0.667. The van der Waals surface area contributed by atoms with Gasteiger partial charge in [0.2, 0.25) is 0 Å². The number of aliphatic hydroxyl groups excluding tert-OH is 1. The molecule has 0 aliphatic carbocycles. The molecule has 124 valence electrons. The summed E-state index contributed by atoms with van der Waals surface area (Å²) in [5.41, 5.74) is -0.319. The molecule has 0 rings (SSSR count). The number of halogens is 2. The summed E-state index contributed by atoms with van der Waals surface area (Å²) in [6, 6.07) is 0. The van der Waals surface area contributed by atoms with E-state index >= 15 is 0 Å². The topological polar surface area (TPSA) is 20.2 Å². The molecule has 0 saturated heterocycles. The summed E-state index contributed by atoms with van der Waals surface area (Å²) in [4.78, 5) is 0. The van der Waals surface area contributed by atoms with Gasteiger partial charge in [-0.2, -0.15) is 0 Å². The van der Waals surface area contributed by atoms with Crippen molar-refractivity contribution in [1.29, 1.82) is 0 Å². The van der Waals surface area contributed by atoms with E-state index in [1.165, 1.54) is 6.92 Å². The van der Waals surface area contributed by atoms with Crippen molar-refractivity contribution in [3.8, 4) is 0 Å². The second kappa shape index (κ2) is 13.3. The van der Waals surface area contributed by atoms with E-state index in [0.717, 1.165) is 35.7 Å². The van der Waals surface area contributed by atoms with Crippen LogP contribution in [0.25, 0.3) is 0 Å². The molecule has 1 N–H and O–H groups in total. The minimum Gasteiger partial charge on any atom is -0.393 e. The van der Waals surface area contributed by atoms with Gasteiger partial charge >= 0.3 is 0 Å². The molecule has 0 heterocycles. The van der Waals surface area contributed by atoms with Crippen LogP contribution >= 0.6 is 15.9 Å². The van der Waals surface area contributed by atoms with E-state index in [1.54, 1.807) is 0 Å². The van der Waals surface area contributed by atoms with Gasteiger partial charge in [0, 0.05) is 4.48 Å². The quantitative estimate of drug-likeness (QED) is 0.499. The molecule has 0 aliphatic heterocycles. The van der Waals surface area contributed by atoms with E-state index in [-0.39, 0.29) is 12.5 Å². The number of hydrogen-bond donors (Lipinski definition) is 1. The predicted molar refractivity (Wildman–Crippen MR) is 96.5 cm³/mol. The molecule has 0 bridgehead atoms. The number of aliphatic hydroxyl groups is 1. The minimum atomic E-state index is -1.38. The Kier molecular flexibility index (Phi) is 14.4. The Bertz CT molecular complexity index is 326. The van der Waals surface area contributed by atoms with E-state index in [1.807, 2.05) is 32.1 Å². The highest BCUT2D eigenvalue weighted by atomic mass is 79.9. The third kappa shape index (κ3) is 13.0. The Morgan fingerprint density at radius 2 is 1.76 bits per heavy atom. The third-order valence-electron chi connectivity index (χ3n) is 3.24. The lowest BCUT2D eigenvalue weighted by atomic mass is 9.84. The molecular weight excluding hydrogens is 331 g/mol. The zero-order chi connectivity index (χ0) is 16.9. The SMILES string of the molecule is C=C(C)/C=C\C(Br)=C/C.CCCC(CCC)C(C)(F)CO. The van der Waals surface area contributed by atoms with E-state index in [9.17, 15) is 4.39 Å². The first-order valence-electron chi connectivity index (χ1n) is 7.70. The maximum atomic E-state index is 13.6. The first kappa shape index (κ1) is 22.9. The van der Waals surface area contributed by atoms with Gasteiger partial charge < -0.3 is 5.11 Å². The molecule has 1 nitrogen and oxygen atoms in total. The monoisotopic (exact) mass is 362 g/mol. The molecule has 0 aliphatic rings. The van der Waals surface area contributed by atoms with Gasteiger partial charge in [0.15, 0.2) is 0 Å². The van der Waals surface area contributed by atoms with E-state index in [0.29, 0.717) is 0 Å². The lowest BCUT2D eigenvalue weighted by Gasteiger charge is -2.28. The van der Waals surface area contributed by atoms with Crippen LogP contribution in [0.4, 0.5) is 4.39 Å². The molecule has 0 spiro atoms. The average molecular weight is 363 g/mol. The average Bonchev–Trinajstić information content (AvgIpc) is 2.45. The maximum absolute atomic E-state index is 13.6. The van der Waals surface area contributed by atoms with Crippen LogP contribution in [-0.2, 0) is 0 Å². The molecule has 0 saturated carbocycles. The van der Waals surface area contributed by atoms with Gasteiger partial charge in [-0.1, -0.05) is 66.9 Å². The molecule has 1 unspecified atom stereocenters. The minimum absolute atomic E-state index is 0.0255. The largest absolute Gasteiger partial charge is 0.393 e. The summed E-state index contributed by atoms with van der Waals surface area (Å²) in [6.45, 7) is 12.9. The molecule has 3 heteroatoms. The van der Waals surface area contributed by atoms with E-state index < -0.39 is 5.67 Å². The lowest BCUT2D eigenvalue weighted by Crippen LogP contribution is -2.33. The Labute approximate surface area is 139 Å². The maximum Gasteiger partial charge on any atom is 0.133 e. The van der Waals surface area contributed by atoms with Crippen molar-refractivity contribution in [1.82, 2.24) is 0 Å². The van der Waals surface area contributed by atoms with Gasteiger partial charge in [-0.25, -0.2) is 4.39 Å². The van der Waals surface area contributed by atoms with Gasteiger partial charge in [-0.05, 0) is 45.6 Å². The van der Waals surface area contributed by atoms with Gasteiger partial charge in [-0.3, -0.25) is 0 Å². The van der Waals surface area contributed by atoms with Crippen molar-refractivity contribution in [2.45, 2.75) is 66.0 Å². The summed E-state index contributed by atoms with van der Waals surface area (Å²) in [5.74, 6) is 0.0255. The summed E-state index contributed by atoms with van der Waals surface area (Å²) in [5, 5.41) is 8.84. The third-order valence-corrected chi connectivity index (χ3v) is 3.96. The second-order valence-corrected chi connectivity index (χ2v) is 6.48. The van der Waals surface area contributed by atoms with Crippen LogP contribution in [0.3, 0.4) is 0 Å². The molecule has 0 aromatic carbocycles. The Morgan fingerprint density at radius 3 is 2.05 bits per heavy atom. The second-order valence-electron chi connectivity index (χ2n) is 5.56. The van der Waals surface area contributed by atoms with Crippen molar-refractivity contribution in [3.05, 3.63) is 34.9 Å². The molecule has 0 aromatic rings. The fourth-order valence-corrected chi connectivity index (χ4v) is 2.02. The van der Waals surface area contributed by atoms with E-state index in [2.05, 4.69) is 36.4 Å². The van der Waals surface area contributed by atoms with Crippen molar-refractivity contribution < 1.29 is 9.50 Å².